The van der Waals surface area contributed by atoms with E-state index < -0.39 is 9.84 Å². The van der Waals surface area contributed by atoms with Gasteiger partial charge in [-0.25, -0.2) is 8.42 Å². The maximum absolute atomic E-state index is 11.7. The maximum atomic E-state index is 11.7. The van der Waals surface area contributed by atoms with Crippen molar-refractivity contribution in [2.75, 3.05) is 11.5 Å². The third kappa shape index (κ3) is 3.83. The molecule has 0 saturated heterocycles. The average molecular weight is 258 g/mol. The van der Waals surface area contributed by atoms with Crippen LogP contribution in [0, 0.1) is 0 Å². The van der Waals surface area contributed by atoms with Crippen molar-refractivity contribution in [2.45, 2.75) is 31.1 Å². The highest BCUT2D eigenvalue weighted by molar-refractivity contribution is 7.91. The van der Waals surface area contributed by atoms with E-state index in [0.29, 0.717) is 11.3 Å². The molecule has 1 rings (SSSR count). The van der Waals surface area contributed by atoms with Gasteiger partial charge in [-0.05, 0) is 42.7 Å². The van der Waals surface area contributed by atoms with Crippen LogP contribution in [0.4, 0.5) is 0 Å². The Hall–Kier alpha value is -0.480. The molecule has 1 aromatic carbocycles. The molecule has 0 aliphatic rings. The molecule has 0 fully saturated rings. The fraction of sp³-hybridized carbons (Fsp3) is 0.500. The number of hydrogen-bond donors (Lipinski definition) is 1. The first kappa shape index (κ1) is 13.6. The molecule has 0 bridgehead atoms. The Morgan fingerprint density at radius 1 is 1.19 bits per heavy atom. The van der Waals surface area contributed by atoms with Gasteiger partial charge in [-0.1, -0.05) is 19.1 Å². The molecule has 0 unspecified atom stereocenters. The molecule has 0 spiro atoms. The monoisotopic (exact) mass is 258 g/mol. The molecule has 0 atom stereocenters. The molecule has 90 valence electrons. The van der Waals surface area contributed by atoms with Gasteiger partial charge in [0.2, 0.25) is 0 Å². The van der Waals surface area contributed by atoms with Crippen LogP contribution in [0.15, 0.2) is 29.2 Å². The van der Waals surface area contributed by atoms with Gasteiger partial charge in [-0.15, -0.1) is 0 Å². The molecule has 1 aromatic rings. The minimum absolute atomic E-state index is 0.225. The summed E-state index contributed by atoms with van der Waals surface area (Å²) in [5.74, 6) is 1.08. The number of thiol groups is 1. The van der Waals surface area contributed by atoms with Crippen molar-refractivity contribution in [3.8, 4) is 0 Å². The first-order valence-corrected chi connectivity index (χ1v) is 7.81. The van der Waals surface area contributed by atoms with Crippen LogP contribution in [0.5, 0.6) is 0 Å². The van der Waals surface area contributed by atoms with E-state index in [9.17, 15) is 8.42 Å². The highest BCUT2D eigenvalue weighted by Gasteiger charge is 2.12. The Kier molecular flexibility index (Phi) is 5.35. The van der Waals surface area contributed by atoms with Gasteiger partial charge in [-0.3, -0.25) is 0 Å². The largest absolute Gasteiger partial charge is 0.224 e. The lowest BCUT2D eigenvalue weighted by Crippen LogP contribution is -2.05. The lowest BCUT2D eigenvalue weighted by Gasteiger charge is -2.04. The zero-order chi connectivity index (χ0) is 12.0. The van der Waals surface area contributed by atoms with Crippen LogP contribution in [0.25, 0.3) is 0 Å². The summed E-state index contributed by atoms with van der Waals surface area (Å²) < 4.78 is 23.5. The summed E-state index contributed by atoms with van der Waals surface area (Å²) in [5, 5.41) is 0. The zero-order valence-corrected chi connectivity index (χ0v) is 11.2. The highest BCUT2D eigenvalue weighted by Crippen LogP contribution is 2.14. The Morgan fingerprint density at radius 3 is 2.31 bits per heavy atom. The third-order valence-electron chi connectivity index (χ3n) is 2.38. The minimum Gasteiger partial charge on any atom is -0.224 e. The fourth-order valence-electron chi connectivity index (χ4n) is 1.53. The SMILES string of the molecule is CCCS(=O)(=O)c1ccc(CCCS)cc1. The second-order valence-electron chi connectivity index (χ2n) is 3.79. The quantitative estimate of drug-likeness (QED) is 0.796. The van der Waals surface area contributed by atoms with Crippen molar-refractivity contribution >= 4 is 22.5 Å². The van der Waals surface area contributed by atoms with Gasteiger partial charge in [0.1, 0.15) is 0 Å². The van der Waals surface area contributed by atoms with Crippen LogP contribution in [0.1, 0.15) is 25.3 Å². The normalized spacial score (nSPS) is 11.6. The molecule has 0 aliphatic heterocycles. The van der Waals surface area contributed by atoms with E-state index in [1.54, 1.807) is 12.1 Å². The summed E-state index contributed by atoms with van der Waals surface area (Å²) in [5.41, 5.74) is 1.17. The highest BCUT2D eigenvalue weighted by atomic mass is 32.2. The van der Waals surface area contributed by atoms with Crippen molar-refractivity contribution < 1.29 is 8.42 Å². The summed E-state index contributed by atoms with van der Waals surface area (Å²) >= 11 is 4.15. The third-order valence-corrected chi connectivity index (χ3v) is 4.63. The molecule has 0 saturated carbocycles. The van der Waals surface area contributed by atoms with E-state index in [1.807, 2.05) is 19.1 Å². The predicted molar refractivity (Wildman–Crippen MR) is 71.0 cm³/mol. The molecule has 0 amide bonds. The van der Waals surface area contributed by atoms with Crippen LogP contribution >= 0.6 is 12.6 Å². The van der Waals surface area contributed by atoms with Crippen molar-refractivity contribution in [3.63, 3.8) is 0 Å². The molecule has 0 radical (unpaired) electrons. The Bertz CT molecular complexity index is 407. The van der Waals surface area contributed by atoms with Crippen molar-refractivity contribution in [3.05, 3.63) is 29.8 Å². The van der Waals surface area contributed by atoms with Crippen LogP contribution in [0.2, 0.25) is 0 Å². The number of rotatable bonds is 6. The molecule has 2 nitrogen and oxygen atoms in total. The molecule has 0 aromatic heterocycles. The fourth-order valence-corrected chi connectivity index (χ4v) is 3.02. The molecule has 16 heavy (non-hydrogen) atoms. The summed E-state index contributed by atoms with van der Waals surface area (Å²) in [4.78, 5) is 0.434. The lowest BCUT2D eigenvalue weighted by atomic mass is 10.1. The van der Waals surface area contributed by atoms with E-state index in [1.165, 1.54) is 5.56 Å². The number of sulfone groups is 1. The maximum Gasteiger partial charge on any atom is 0.178 e. The number of aryl methyl sites for hydroxylation is 1. The lowest BCUT2D eigenvalue weighted by molar-refractivity contribution is 0.594. The van der Waals surface area contributed by atoms with Gasteiger partial charge in [0.25, 0.3) is 0 Å². The van der Waals surface area contributed by atoms with Gasteiger partial charge in [0.15, 0.2) is 9.84 Å². The average Bonchev–Trinajstić information content (AvgIpc) is 2.27. The van der Waals surface area contributed by atoms with E-state index >= 15 is 0 Å². The van der Waals surface area contributed by atoms with Crippen LogP contribution in [-0.2, 0) is 16.3 Å². The van der Waals surface area contributed by atoms with Crippen molar-refractivity contribution in [1.82, 2.24) is 0 Å². The topological polar surface area (TPSA) is 34.1 Å². The van der Waals surface area contributed by atoms with Crippen molar-refractivity contribution in [1.29, 1.82) is 0 Å². The molecule has 0 heterocycles. The first-order valence-electron chi connectivity index (χ1n) is 5.52. The second kappa shape index (κ2) is 6.30. The van der Waals surface area contributed by atoms with Crippen molar-refractivity contribution in [2.24, 2.45) is 0 Å². The summed E-state index contributed by atoms with van der Waals surface area (Å²) in [6.07, 6.45) is 2.63. The smallest absolute Gasteiger partial charge is 0.178 e. The van der Waals surface area contributed by atoms with Crippen LogP contribution < -0.4 is 0 Å². The van der Waals surface area contributed by atoms with E-state index in [4.69, 9.17) is 0 Å². The van der Waals surface area contributed by atoms with Gasteiger partial charge >= 0.3 is 0 Å². The molecular weight excluding hydrogens is 240 g/mol. The van der Waals surface area contributed by atoms with Gasteiger partial charge in [0.05, 0.1) is 10.6 Å². The van der Waals surface area contributed by atoms with E-state index in [-0.39, 0.29) is 5.75 Å². The van der Waals surface area contributed by atoms with Crippen LogP contribution in [-0.4, -0.2) is 19.9 Å². The second-order valence-corrected chi connectivity index (χ2v) is 6.35. The summed E-state index contributed by atoms with van der Waals surface area (Å²) in [7, 11) is -3.06. The Labute approximate surface area is 103 Å². The standard InChI is InChI=1S/C12H18O2S2/c1-2-10-16(13,14)12-7-5-11(6-8-12)4-3-9-15/h5-8,15H,2-4,9-10H2,1H3. The molecule has 4 heteroatoms. The Balaban J connectivity index is 2.78. The van der Waals surface area contributed by atoms with Gasteiger partial charge < -0.3 is 0 Å². The minimum atomic E-state index is -3.06. The molecule has 0 N–H and O–H groups in total. The Morgan fingerprint density at radius 2 is 1.81 bits per heavy atom. The molecular formula is C12H18O2S2. The van der Waals surface area contributed by atoms with E-state index in [2.05, 4.69) is 12.6 Å². The number of hydrogen-bond acceptors (Lipinski definition) is 3. The zero-order valence-electron chi connectivity index (χ0n) is 9.52. The molecule has 0 aliphatic carbocycles. The summed E-state index contributed by atoms with van der Waals surface area (Å²) in [6.45, 7) is 1.87. The predicted octanol–water partition coefficient (Wildman–Crippen LogP) is 2.73. The first-order chi connectivity index (χ1) is 7.60. The van der Waals surface area contributed by atoms with Gasteiger partial charge in [0, 0.05) is 0 Å². The van der Waals surface area contributed by atoms with Crippen LogP contribution in [0.3, 0.4) is 0 Å². The van der Waals surface area contributed by atoms with E-state index in [0.717, 1.165) is 18.6 Å². The number of benzene rings is 1. The van der Waals surface area contributed by atoms with Gasteiger partial charge in [-0.2, -0.15) is 12.6 Å². The summed E-state index contributed by atoms with van der Waals surface area (Å²) in [6, 6.07) is 7.20.